The summed E-state index contributed by atoms with van der Waals surface area (Å²) in [7, 11) is 1.64. The van der Waals surface area contributed by atoms with E-state index in [0.29, 0.717) is 19.7 Å². The van der Waals surface area contributed by atoms with Gasteiger partial charge in [0.15, 0.2) is 0 Å². The van der Waals surface area contributed by atoms with E-state index in [9.17, 15) is 4.79 Å². The molecule has 108 valence electrons. The van der Waals surface area contributed by atoms with E-state index in [0.717, 1.165) is 25.1 Å². The number of carbonyl (C=O) groups is 1. The lowest BCUT2D eigenvalue weighted by Crippen LogP contribution is -2.29. The lowest BCUT2D eigenvalue weighted by atomic mass is 10.4. The number of rotatable bonds is 10. The molecule has 0 aromatic carbocycles. The summed E-state index contributed by atoms with van der Waals surface area (Å²) in [5.41, 5.74) is 0.848. The highest BCUT2D eigenvalue weighted by molar-refractivity contribution is 5.75. The van der Waals surface area contributed by atoms with Gasteiger partial charge in [-0.1, -0.05) is 12.1 Å². The monoisotopic (exact) mass is 269 g/mol. The summed E-state index contributed by atoms with van der Waals surface area (Å²) >= 11 is 0. The molecule has 0 radical (unpaired) electrons. The molecule has 7 nitrogen and oxygen atoms in total. The van der Waals surface area contributed by atoms with Crippen molar-refractivity contribution in [1.82, 2.24) is 25.6 Å². The molecule has 0 saturated heterocycles. The number of nitrogens with zero attached hydrogens (tertiary/aromatic N) is 3. The Labute approximate surface area is 113 Å². The van der Waals surface area contributed by atoms with Crippen LogP contribution in [0.4, 0.5) is 0 Å². The van der Waals surface area contributed by atoms with Crippen LogP contribution in [0.2, 0.25) is 0 Å². The largest absolute Gasteiger partial charge is 0.385 e. The molecule has 0 aliphatic carbocycles. The lowest BCUT2D eigenvalue weighted by molar-refractivity contribution is -0.121. The van der Waals surface area contributed by atoms with Crippen LogP contribution in [0.3, 0.4) is 0 Å². The van der Waals surface area contributed by atoms with Gasteiger partial charge in [-0.2, -0.15) is 0 Å². The van der Waals surface area contributed by atoms with Crippen molar-refractivity contribution in [3.8, 4) is 0 Å². The fourth-order valence-electron chi connectivity index (χ4n) is 1.54. The summed E-state index contributed by atoms with van der Waals surface area (Å²) in [5.74, 6) is -0.0610. The maximum atomic E-state index is 11.6. The fourth-order valence-corrected chi connectivity index (χ4v) is 1.54. The van der Waals surface area contributed by atoms with Gasteiger partial charge in [-0.3, -0.25) is 4.79 Å². The van der Waals surface area contributed by atoms with Crippen LogP contribution in [0.25, 0.3) is 0 Å². The third-order valence-corrected chi connectivity index (χ3v) is 2.47. The smallest absolute Gasteiger partial charge is 0.241 e. The van der Waals surface area contributed by atoms with Gasteiger partial charge >= 0.3 is 0 Å². The number of ether oxygens (including phenoxy) is 1. The van der Waals surface area contributed by atoms with Gasteiger partial charge in [0.05, 0.1) is 11.9 Å². The molecule has 1 aromatic heterocycles. The highest BCUT2D eigenvalue weighted by atomic mass is 16.5. The summed E-state index contributed by atoms with van der Waals surface area (Å²) in [6, 6.07) is 0. The van der Waals surface area contributed by atoms with Crippen molar-refractivity contribution in [2.24, 2.45) is 0 Å². The first-order chi connectivity index (χ1) is 9.26. The van der Waals surface area contributed by atoms with Crippen LogP contribution in [0, 0.1) is 0 Å². The SMILES string of the molecule is CCCNCc1cn(CC(=O)NCCCOC)nn1. The van der Waals surface area contributed by atoms with E-state index in [2.05, 4.69) is 27.9 Å². The van der Waals surface area contributed by atoms with Crippen molar-refractivity contribution in [1.29, 1.82) is 0 Å². The van der Waals surface area contributed by atoms with Crippen LogP contribution in [-0.4, -0.2) is 47.7 Å². The molecule has 1 aromatic rings. The Balaban J connectivity index is 2.22. The summed E-state index contributed by atoms with van der Waals surface area (Å²) in [6.45, 7) is 5.21. The highest BCUT2D eigenvalue weighted by Crippen LogP contribution is 1.93. The summed E-state index contributed by atoms with van der Waals surface area (Å²) in [6.07, 6.45) is 3.68. The third kappa shape index (κ3) is 6.88. The van der Waals surface area contributed by atoms with Crippen LogP contribution in [0.1, 0.15) is 25.5 Å². The molecule has 1 amide bonds. The molecular formula is C12H23N5O2. The van der Waals surface area contributed by atoms with E-state index in [1.807, 2.05) is 0 Å². The van der Waals surface area contributed by atoms with E-state index in [-0.39, 0.29) is 12.5 Å². The van der Waals surface area contributed by atoms with Crippen LogP contribution >= 0.6 is 0 Å². The minimum atomic E-state index is -0.0610. The first kappa shape index (κ1) is 15.6. The minimum Gasteiger partial charge on any atom is -0.385 e. The van der Waals surface area contributed by atoms with Crippen molar-refractivity contribution in [3.63, 3.8) is 0 Å². The molecule has 0 aliphatic heterocycles. The Kier molecular flexibility index (Phi) is 7.76. The van der Waals surface area contributed by atoms with Crippen molar-refractivity contribution >= 4 is 5.91 Å². The van der Waals surface area contributed by atoms with Crippen LogP contribution in [0.15, 0.2) is 6.20 Å². The van der Waals surface area contributed by atoms with Crippen LogP contribution < -0.4 is 10.6 Å². The molecule has 1 heterocycles. The summed E-state index contributed by atoms with van der Waals surface area (Å²) < 4.78 is 6.46. The zero-order chi connectivity index (χ0) is 13.9. The number of amides is 1. The van der Waals surface area contributed by atoms with Crippen molar-refractivity contribution in [2.75, 3.05) is 26.8 Å². The number of carbonyl (C=O) groups excluding carboxylic acids is 1. The van der Waals surface area contributed by atoms with Crippen LogP contribution in [0.5, 0.6) is 0 Å². The van der Waals surface area contributed by atoms with E-state index >= 15 is 0 Å². The van der Waals surface area contributed by atoms with Crippen molar-refractivity contribution in [2.45, 2.75) is 32.9 Å². The molecule has 0 aliphatic rings. The zero-order valence-electron chi connectivity index (χ0n) is 11.7. The average molecular weight is 269 g/mol. The Morgan fingerprint density at radius 2 is 2.32 bits per heavy atom. The fraction of sp³-hybridized carbons (Fsp3) is 0.750. The first-order valence-corrected chi connectivity index (χ1v) is 6.61. The van der Waals surface area contributed by atoms with E-state index in [1.54, 1.807) is 18.0 Å². The average Bonchev–Trinajstić information content (AvgIpc) is 2.83. The van der Waals surface area contributed by atoms with E-state index < -0.39 is 0 Å². The second-order valence-electron chi connectivity index (χ2n) is 4.28. The Morgan fingerprint density at radius 1 is 1.47 bits per heavy atom. The first-order valence-electron chi connectivity index (χ1n) is 6.61. The number of nitrogens with one attached hydrogen (secondary N) is 2. The Hall–Kier alpha value is -1.47. The van der Waals surface area contributed by atoms with Gasteiger partial charge in [0, 0.05) is 26.8 Å². The molecule has 0 fully saturated rings. The molecule has 0 bridgehead atoms. The van der Waals surface area contributed by atoms with Gasteiger partial charge < -0.3 is 15.4 Å². The number of hydrogen-bond acceptors (Lipinski definition) is 5. The molecule has 0 atom stereocenters. The molecule has 2 N–H and O–H groups in total. The number of aromatic nitrogens is 3. The Morgan fingerprint density at radius 3 is 3.05 bits per heavy atom. The maximum Gasteiger partial charge on any atom is 0.241 e. The molecule has 0 unspecified atom stereocenters. The zero-order valence-corrected chi connectivity index (χ0v) is 11.7. The Bertz CT molecular complexity index is 367. The van der Waals surface area contributed by atoms with Gasteiger partial charge in [-0.25, -0.2) is 4.68 Å². The number of methoxy groups -OCH3 is 1. The molecule has 0 saturated carbocycles. The molecule has 19 heavy (non-hydrogen) atoms. The quantitative estimate of drug-likeness (QED) is 0.581. The standard InChI is InChI=1S/C12H23N5O2/c1-3-5-13-8-11-9-17(16-15-11)10-12(18)14-6-4-7-19-2/h9,13H,3-8,10H2,1-2H3,(H,14,18). The second kappa shape index (κ2) is 9.46. The van der Waals surface area contributed by atoms with Crippen molar-refractivity contribution < 1.29 is 9.53 Å². The second-order valence-corrected chi connectivity index (χ2v) is 4.28. The van der Waals surface area contributed by atoms with Crippen molar-refractivity contribution in [3.05, 3.63) is 11.9 Å². The van der Waals surface area contributed by atoms with Gasteiger partial charge in [-0.15, -0.1) is 5.10 Å². The topological polar surface area (TPSA) is 81.1 Å². The van der Waals surface area contributed by atoms with E-state index in [4.69, 9.17) is 4.74 Å². The van der Waals surface area contributed by atoms with Gasteiger partial charge in [0.2, 0.25) is 5.91 Å². The molecule has 1 rings (SSSR count). The predicted molar refractivity (Wildman–Crippen MR) is 71.5 cm³/mol. The summed E-state index contributed by atoms with van der Waals surface area (Å²) in [5, 5.41) is 14.0. The number of hydrogen-bond donors (Lipinski definition) is 2. The van der Waals surface area contributed by atoms with E-state index in [1.165, 1.54) is 0 Å². The third-order valence-electron chi connectivity index (χ3n) is 2.47. The molecule has 0 spiro atoms. The minimum absolute atomic E-state index is 0.0610. The predicted octanol–water partition coefficient (Wildman–Crippen LogP) is -0.0696. The highest BCUT2D eigenvalue weighted by Gasteiger charge is 2.05. The van der Waals surface area contributed by atoms with Crippen LogP contribution in [-0.2, 0) is 22.6 Å². The normalized spacial score (nSPS) is 10.6. The lowest BCUT2D eigenvalue weighted by Gasteiger charge is -2.04. The van der Waals surface area contributed by atoms with Gasteiger partial charge in [0.1, 0.15) is 6.54 Å². The van der Waals surface area contributed by atoms with Gasteiger partial charge in [-0.05, 0) is 19.4 Å². The molecular weight excluding hydrogens is 246 g/mol. The molecule has 7 heteroatoms. The van der Waals surface area contributed by atoms with Gasteiger partial charge in [0.25, 0.3) is 0 Å². The summed E-state index contributed by atoms with van der Waals surface area (Å²) in [4.78, 5) is 11.6. The maximum absolute atomic E-state index is 11.6.